The van der Waals surface area contributed by atoms with Gasteiger partial charge in [0.1, 0.15) is 0 Å². The average Bonchev–Trinajstić information content (AvgIpc) is 0.908. The van der Waals surface area contributed by atoms with Gasteiger partial charge in [0.15, 0.2) is 0 Å². The van der Waals surface area contributed by atoms with Gasteiger partial charge in [-0.15, -0.1) is 0 Å². The first-order valence-corrected chi connectivity index (χ1v) is 43.4. The minimum Gasteiger partial charge on any atom is -0.342 e. The normalized spacial score (nSPS) is 13.1. The van der Waals surface area contributed by atoms with Crippen LogP contribution in [0.4, 0.5) is 22.7 Å². The van der Waals surface area contributed by atoms with Crippen LogP contribution in [0.2, 0.25) is 0 Å². The molecule has 5 heteroatoms. The van der Waals surface area contributed by atoms with Crippen molar-refractivity contribution < 1.29 is 0 Å². The second-order valence-electron chi connectivity index (χ2n) is 39.4. The highest BCUT2D eigenvalue weighted by molar-refractivity contribution is 7.00. The topological polar surface area (TPSA) is 16.3 Å². The molecule has 120 heavy (non-hydrogen) atoms. The maximum Gasteiger partial charge on any atom is 0.252 e. The Kier molecular flexibility index (Phi) is 19.3. The van der Waals surface area contributed by atoms with Gasteiger partial charge in [0, 0.05) is 80.6 Å². The zero-order valence-corrected chi connectivity index (χ0v) is 72.6. The van der Waals surface area contributed by atoms with Gasteiger partial charge in [-0.25, -0.2) is 0 Å². The van der Waals surface area contributed by atoms with Crippen LogP contribution in [-0.2, 0) is 53.0 Å². The van der Waals surface area contributed by atoms with Crippen LogP contribution in [0.3, 0.4) is 0 Å². The van der Waals surface area contributed by atoms with E-state index in [-0.39, 0.29) is 33.8 Å². The molecular formula is C115H109BN4. The maximum atomic E-state index is 2.81. The highest BCUT2D eigenvalue weighted by Gasteiger charge is 2.44. The van der Waals surface area contributed by atoms with Gasteiger partial charge in [0.2, 0.25) is 0 Å². The second kappa shape index (κ2) is 29.8. The number of para-hydroxylation sites is 3. The van der Waals surface area contributed by atoms with Crippen molar-refractivity contribution in [2.75, 3.05) is 16.3 Å². The zero-order chi connectivity index (χ0) is 82.9. The van der Waals surface area contributed by atoms with Gasteiger partial charge in [0.25, 0.3) is 6.71 Å². The van der Waals surface area contributed by atoms with Crippen LogP contribution in [0, 0.1) is 0 Å². The highest BCUT2D eigenvalue weighted by Crippen LogP contribution is 2.47. The molecule has 2 aromatic heterocycles. The van der Waals surface area contributed by atoms with E-state index in [1.165, 1.54) is 194 Å². The largest absolute Gasteiger partial charge is 0.342 e. The molecule has 0 unspecified atom stereocenters. The molecule has 0 radical (unpaired) electrons. The average molecular weight is 1560 g/mol. The number of aromatic nitrogens is 2. The highest BCUT2D eigenvalue weighted by atomic mass is 15.2. The van der Waals surface area contributed by atoms with E-state index in [1.807, 2.05) is 0 Å². The van der Waals surface area contributed by atoms with E-state index in [2.05, 4.69) is 450 Å². The summed E-state index contributed by atoms with van der Waals surface area (Å²) in [6, 6.07) is 127. The molecule has 0 aliphatic carbocycles. The van der Waals surface area contributed by atoms with Gasteiger partial charge < -0.3 is 18.9 Å². The lowest BCUT2D eigenvalue weighted by atomic mass is 9.33. The van der Waals surface area contributed by atoms with E-state index in [0.717, 1.165) is 18.5 Å². The number of fused-ring (bicyclic) bond motifs is 10. The molecular weight excluding hydrogens is 1450 g/mol. The zero-order valence-electron chi connectivity index (χ0n) is 72.6. The van der Waals surface area contributed by atoms with E-state index in [0.29, 0.717) is 19.6 Å². The van der Waals surface area contributed by atoms with E-state index < -0.39 is 0 Å². The molecule has 0 spiro atoms. The first-order chi connectivity index (χ1) is 57.6. The van der Waals surface area contributed by atoms with Crippen LogP contribution in [0.25, 0.3) is 105 Å². The Labute approximate surface area is 711 Å². The Morgan fingerprint density at radius 3 is 1.18 bits per heavy atom. The summed E-state index contributed by atoms with van der Waals surface area (Å²) >= 11 is 0. The Morgan fingerprint density at radius 2 is 0.667 bits per heavy atom. The Balaban J connectivity index is 0.891. The van der Waals surface area contributed by atoms with Gasteiger partial charge in [-0.2, -0.15) is 0 Å². The molecule has 2 aliphatic rings. The minimum absolute atomic E-state index is 0.0407. The number of nitrogens with zero attached hydrogens (tertiary/aromatic N) is 4. The fourth-order valence-corrected chi connectivity index (χ4v) is 19.2. The van der Waals surface area contributed by atoms with E-state index >= 15 is 0 Å². The molecule has 0 saturated heterocycles. The first kappa shape index (κ1) is 77.5. The third-order valence-corrected chi connectivity index (χ3v) is 25.9. The van der Waals surface area contributed by atoms with Crippen molar-refractivity contribution in [3.63, 3.8) is 0 Å². The lowest BCUT2D eigenvalue weighted by Gasteiger charge is -2.45. The molecule has 0 atom stereocenters. The fraction of sp³-hybridized carbons (Fsp3) is 0.217. The SMILES string of the molecule is CC(C)(C)c1cc(Cc2ccc3c(c2)N(CCc2c(-c4ccccc4)cc(C(C)(C)C)cc2-c2ccccc2)c2cc(Cn4c5ccccc5c5cc(-n6c7ccccc7c7ccccc76)ccc54)cc4c2B3c2ccc(-c3cc(C(C)(C)C)cc(C(C)(C)C)c3)cc2N4Cc2cc(-c3ccccc3)cc(-c3ccccc3)c2)cc(C(C)(C)C)c1. The Morgan fingerprint density at radius 1 is 0.258 bits per heavy atom. The summed E-state index contributed by atoms with van der Waals surface area (Å²) in [5, 5.41) is 4.98. The van der Waals surface area contributed by atoms with Crippen molar-refractivity contribution in [2.45, 2.75) is 157 Å². The second-order valence-corrected chi connectivity index (χ2v) is 39.4. The molecule has 4 heterocycles. The van der Waals surface area contributed by atoms with Crippen molar-refractivity contribution in [2.24, 2.45) is 0 Å². The van der Waals surface area contributed by atoms with Gasteiger partial charge in [0.05, 0.1) is 11.0 Å². The van der Waals surface area contributed by atoms with Crippen molar-refractivity contribution in [1.29, 1.82) is 0 Å². The van der Waals surface area contributed by atoms with Gasteiger partial charge in [-0.3, -0.25) is 0 Å². The summed E-state index contributed by atoms with van der Waals surface area (Å²) < 4.78 is 5.10. The van der Waals surface area contributed by atoms with Crippen LogP contribution in [0.5, 0.6) is 0 Å². The first-order valence-electron chi connectivity index (χ1n) is 43.4. The molecule has 19 rings (SSSR count). The van der Waals surface area contributed by atoms with Crippen LogP contribution in [-0.4, -0.2) is 22.4 Å². The fourth-order valence-electron chi connectivity index (χ4n) is 19.2. The van der Waals surface area contributed by atoms with Gasteiger partial charge in [-0.1, -0.05) is 353 Å². The van der Waals surface area contributed by atoms with E-state index in [9.17, 15) is 0 Å². The monoisotopic (exact) mass is 1560 g/mol. The third-order valence-electron chi connectivity index (χ3n) is 25.9. The van der Waals surface area contributed by atoms with Gasteiger partial charge in [-0.05, 0) is 246 Å². The summed E-state index contributed by atoms with van der Waals surface area (Å²) in [6.45, 7) is 37.3. The van der Waals surface area contributed by atoms with Crippen LogP contribution in [0.1, 0.15) is 159 Å². The van der Waals surface area contributed by atoms with Crippen LogP contribution in [0.15, 0.2) is 328 Å². The lowest BCUT2D eigenvalue weighted by molar-refractivity contribution is 0.567. The smallest absolute Gasteiger partial charge is 0.252 e. The Hall–Kier alpha value is -12.4. The standard InChI is InChI=1S/C115H109BN4/c1-111(2,3)87-59-76(60-88(68-87)112(4,5)6)56-75-48-51-100-106(61-75)117(55-54-93-97(81-38-24-18-25-39-81)70-91(115(13,14)15)71-98(93)82-40-26-19-27-41-82)108-62-78(74-118-102-45-31-28-44-96(102)99-72-92(50-53-103(99)118)120-104-46-32-29-42-94(104)95-43-30-33-47-105(95)120)63-109-110(108)116(100)101-52-49-83(86-65-89(113(7,8)9)69-90(66-86)114(10,11)12)67-107(101)119(109)73-77-57-84(79-34-20-16-21-35-79)64-85(58-77)80-36-22-17-23-37-80/h16-53,57-72H,54-56,73-74H2,1-15H3. The van der Waals surface area contributed by atoms with E-state index in [1.54, 1.807) is 0 Å². The summed E-state index contributed by atoms with van der Waals surface area (Å²) in [5.41, 5.74) is 40.0. The molecule has 17 aromatic rings. The molecule has 0 N–H and O–H groups in total. The third kappa shape index (κ3) is 14.5. The molecule has 0 saturated carbocycles. The Bertz CT molecular complexity index is 6580. The van der Waals surface area contributed by atoms with Crippen LogP contribution >= 0.6 is 0 Å². The summed E-state index contributed by atoms with van der Waals surface area (Å²) in [4.78, 5) is 5.57. The van der Waals surface area contributed by atoms with Crippen molar-refractivity contribution in [1.82, 2.24) is 9.13 Å². The maximum absolute atomic E-state index is 2.81. The van der Waals surface area contributed by atoms with Crippen molar-refractivity contribution in [3.05, 3.63) is 383 Å². The quantitative estimate of drug-likeness (QED) is 0.0951. The summed E-state index contributed by atoms with van der Waals surface area (Å²) in [5.74, 6) is 0. The molecule has 0 amide bonds. The minimum atomic E-state index is -0.138. The van der Waals surface area contributed by atoms with Gasteiger partial charge >= 0.3 is 0 Å². The molecule has 15 aromatic carbocycles. The lowest BCUT2D eigenvalue weighted by Crippen LogP contribution is -2.62. The number of hydrogen-bond donors (Lipinski definition) is 0. The number of benzene rings is 15. The van der Waals surface area contributed by atoms with Crippen molar-refractivity contribution >= 4 is 89.5 Å². The molecule has 0 bridgehead atoms. The number of anilines is 4. The molecule has 4 nitrogen and oxygen atoms in total. The molecule has 0 fully saturated rings. The molecule has 2 aliphatic heterocycles. The summed E-state index contributed by atoms with van der Waals surface area (Å²) in [6.07, 6.45) is 1.55. The number of hydrogen-bond acceptors (Lipinski definition) is 2. The van der Waals surface area contributed by atoms with Crippen LogP contribution < -0.4 is 26.2 Å². The summed E-state index contributed by atoms with van der Waals surface area (Å²) in [7, 11) is 0. The predicted molar refractivity (Wildman–Crippen MR) is 516 cm³/mol. The predicted octanol–water partition coefficient (Wildman–Crippen LogP) is 28.2. The van der Waals surface area contributed by atoms with Crippen molar-refractivity contribution in [3.8, 4) is 61.3 Å². The van der Waals surface area contributed by atoms with E-state index in [4.69, 9.17) is 0 Å². The molecule has 592 valence electrons. The number of rotatable bonds is 15.